The molecule has 0 radical (unpaired) electrons. The van der Waals surface area contributed by atoms with Gasteiger partial charge in [-0.05, 0) is 34.4 Å². The highest BCUT2D eigenvalue weighted by atomic mass is 16.5. The Hall–Kier alpha value is -0.650. The fourth-order valence-corrected chi connectivity index (χ4v) is 0.969. The van der Waals surface area contributed by atoms with E-state index in [1.165, 1.54) is 0 Å². The van der Waals surface area contributed by atoms with Crippen molar-refractivity contribution in [2.24, 2.45) is 5.73 Å². The molecule has 0 aromatic rings. The molecule has 1 atom stereocenters. The third-order valence-corrected chi connectivity index (χ3v) is 2.88. The molecule has 0 aromatic carbocycles. The summed E-state index contributed by atoms with van der Waals surface area (Å²) in [6.07, 6.45) is 0.546. The van der Waals surface area contributed by atoms with Crippen LogP contribution in [-0.4, -0.2) is 56.7 Å². The van der Waals surface area contributed by atoms with Gasteiger partial charge in [-0.2, -0.15) is 0 Å². The van der Waals surface area contributed by atoms with Crippen LogP contribution in [0.3, 0.4) is 0 Å². The first-order valence-electron chi connectivity index (χ1n) is 5.51. The molecule has 96 valence electrons. The Morgan fingerprint density at radius 1 is 1.50 bits per heavy atom. The van der Waals surface area contributed by atoms with Crippen LogP contribution in [0, 0.1) is 0 Å². The van der Waals surface area contributed by atoms with Crippen molar-refractivity contribution in [3.63, 3.8) is 0 Å². The van der Waals surface area contributed by atoms with Crippen LogP contribution >= 0.6 is 0 Å². The number of rotatable bonds is 7. The van der Waals surface area contributed by atoms with E-state index in [-0.39, 0.29) is 11.4 Å². The number of amides is 1. The molecule has 16 heavy (non-hydrogen) atoms. The van der Waals surface area contributed by atoms with Crippen molar-refractivity contribution in [2.45, 2.75) is 31.8 Å². The summed E-state index contributed by atoms with van der Waals surface area (Å²) in [5.74, 6) is -0.119. The zero-order valence-corrected chi connectivity index (χ0v) is 11.0. The van der Waals surface area contributed by atoms with Gasteiger partial charge in [0, 0.05) is 25.8 Å². The van der Waals surface area contributed by atoms with Crippen molar-refractivity contribution in [1.29, 1.82) is 0 Å². The third-order valence-electron chi connectivity index (χ3n) is 2.88. The van der Waals surface area contributed by atoms with Crippen LogP contribution in [0.15, 0.2) is 0 Å². The van der Waals surface area contributed by atoms with Gasteiger partial charge in [0.25, 0.3) is 0 Å². The summed E-state index contributed by atoms with van der Waals surface area (Å²) < 4.78 is 4.88. The summed E-state index contributed by atoms with van der Waals surface area (Å²) in [7, 11) is 5.56. The summed E-state index contributed by atoms with van der Waals surface area (Å²) in [6.45, 7) is 5.22. The summed E-state index contributed by atoms with van der Waals surface area (Å²) in [4.78, 5) is 13.7. The van der Waals surface area contributed by atoms with Gasteiger partial charge in [-0.1, -0.05) is 0 Å². The van der Waals surface area contributed by atoms with Crippen LogP contribution < -0.4 is 11.1 Å². The van der Waals surface area contributed by atoms with Crippen LogP contribution in [-0.2, 0) is 9.53 Å². The number of nitrogens with two attached hydrogens (primary N) is 1. The molecule has 0 saturated heterocycles. The smallest absolute Gasteiger partial charge is 0.237 e. The van der Waals surface area contributed by atoms with Gasteiger partial charge in [0.05, 0.1) is 6.04 Å². The number of carbonyl (C=O) groups excluding carboxylic acids is 1. The molecule has 0 rings (SSSR count). The van der Waals surface area contributed by atoms with Crippen LogP contribution in [0.4, 0.5) is 0 Å². The maximum absolute atomic E-state index is 11.6. The maximum Gasteiger partial charge on any atom is 0.237 e. The van der Waals surface area contributed by atoms with E-state index in [2.05, 4.69) is 24.1 Å². The molecule has 0 aliphatic carbocycles. The van der Waals surface area contributed by atoms with Gasteiger partial charge >= 0.3 is 0 Å². The monoisotopic (exact) mass is 231 g/mol. The first-order chi connectivity index (χ1) is 7.31. The van der Waals surface area contributed by atoms with E-state index >= 15 is 0 Å². The number of likely N-dealkylation sites (N-methyl/N-ethyl adjacent to an activating group) is 1. The average Bonchev–Trinajstić information content (AvgIpc) is 2.22. The Labute approximate surface area is 98.3 Å². The van der Waals surface area contributed by atoms with Crippen LogP contribution in [0.1, 0.15) is 20.3 Å². The minimum absolute atomic E-state index is 0.0728. The van der Waals surface area contributed by atoms with Crippen LogP contribution in [0.5, 0.6) is 0 Å². The van der Waals surface area contributed by atoms with E-state index < -0.39 is 6.04 Å². The highest BCUT2D eigenvalue weighted by Crippen LogP contribution is 2.07. The fourth-order valence-electron chi connectivity index (χ4n) is 0.969. The Morgan fingerprint density at radius 3 is 2.50 bits per heavy atom. The molecular weight excluding hydrogens is 206 g/mol. The number of hydrogen-bond donors (Lipinski definition) is 2. The van der Waals surface area contributed by atoms with Gasteiger partial charge in [-0.25, -0.2) is 0 Å². The van der Waals surface area contributed by atoms with Crippen molar-refractivity contribution in [1.82, 2.24) is 10.2 Å². The molecule has 0 aromatic heterocycles. The SMILES string of the molecule is COCCC(N)C(=O)NCC(C)(C)N(C)C. The van der Waals surface area contributed by atoms with Crippen LogP contribution in [0.25, 0.3) is 0 Å². The second-order valence-electron chi connectivity index (χ2n) is 4.81. The molecule has 0 bridgehead atoms. The van der Waals surface area contributed by atoms with E-state index in [4.69, 9.17) is 10.5 Å². The molecule has 5 heteroatoms. The lowest BCUT2D eigenvalue weighted by atomic mass is 10.0. The predicted octanol–water partition coefficient (Wildman–Crippen LogP) is -0.193. The summed E-state index contributed by atoms with van der Waals surface area (Å²) in [6, 6.07) is -0.488. The van der Waals surface area contributed by atoms with Crippen molar-refractivity contribution in [3.8, 4) is 0 Å². The highest BCUT2D eigenvalue weighted by Gasteiger charge is 2.22. The molecule has 0 saturated carbocycles. The molecule has 1 unspecified atom stereocenters. The first kappa shape index (κ1) is 15.3. The van der Waals surface area contributed by atoms with E-state index in [1.54, 1.807) is 7.11 Å². The van der Waals surface area contributed by atoms with E-state index in [1.807, 2.05) is 14.1 Å². The molecule has 0 aliphatic rings. The van der Waals surface area contributed by atoms with Crippen molar-refractivity contribution < 1.29 is 9.53 Å². The van der Waals surface area contributed by atoms with Crippen molar-refractivity contribution in [3.05, 3.63) is 0 Å². The lowest BCUT2D eigenvalue weighted by Crippen LogP contribution is -2.51. The molecule has 3 N–H and O–H groups in total. The molecule has 0 aliphatic heterocycles. The topological polar surface area (TPSA) is 67.6 Å². The van der Waals surface area contributed by atoms with E-state index in [0.29, 0.717) is 19.6 Å². The van der Waals surface area contributed by atoms with E-state index in [9.17, 15) is 4.79 Å². The lowest BCUT2D eigenvalue weighted by molar-refractivity contribution is -0.123. The van der Waals surface area contributed by atoms with Crippen molar-refractivity contribution in [2.75, 3.05) is 34.4 Å². The molecule has 5 nitrogen and oxygen atoms in total. The van der Waals surface area contributed by atoms with Gasteiger partial charge in [0.2, 0.25) is 5.91 Å². The second-order valence-corrected chi connectivity index (χ2v) is 4.81. The lowest BCUT2D eigenvalue weighted by Gasteiger charge is -2.33. The Balaban J connectivity index is 3.97. The van der Waals surface area contributed by atoms with Gasteiger partial charge in [-0.3, -0.25) is 4.79 Å². The van der Waals surface area contributed by atoms with E-state index in [0.717, 1.165) is 0 Å². The molecule has 0 fully saturated rings. The van der Waals surface area contributed by atoms with Gasteiger partial charge in [0.1, 0.15) is 0 Å². The fraction of sp³-hybridized carbons (Fsp3) is 0.909. The second kappa shape index (κ2) is 6.83. The third kappa shape index (κ3) is 5.44. The number of ether oxygens (including phenoxy) is 1. The van der Waals surface area contributed by atoms with Gasteiger partial charge in [0.15, 0.2) is 0 Å². The first-order valence-corrected chi connectivity index (χ1v) is 5.51. The Morgan fingerprint density at radius 2 is 2.06 bits per heavy atom. The number of carbonyl (C=O) groups is 1. The van der Waals surface area contributed by atoms with Gasteiger partial charge in [-0.15, -0.1) is 0 Å². The number of nitrogens with zero attached hydrogens (tertiary/aromatic N) is 1. The minimum atomic E-state index is -0.488. The summed E-state index contributed by atoms with van der Waals surface area (Å²) in [5.41, 5.74) is 5.63. The normalized spacial score (nSPS) is 13.9. The quantitative estimate of drug-likeness (QED) is 0.637. The summed E-state index contributed by atoms with van der Waals surface area (Å²) in [5, 5.41) is 2.85. The molecule has 0 heterocycles. The molecular formula is C11H25N3O2. The number of methoxy groups -OCH3 is 1. The highest BCUT2D eigenvalue weighted by molar-refractivity contribution is 5.81. The van der Waals surface area contributed by atoms with Gasteiger partial charge < -0.3 is 20.7 Å². The number of hydrogen-bond acceptors (Lipinski definition) is 4. The average molecular weight is 231 g/mol. The van der Waals surface area contributed by atoms with Crippen molar-refractivity contribution >= 4 is 5.91 Å². The zero-order valence-electron chi connectivity index (χ0n) is 11.0. The minimum Gasteiger partial charge on any atom is -0.385 e. The summed E-state index contributed by atoms with van der Waals surface area (Å²) >= 11 is 0. The molecule has 1 amide bonds. The predicted molar refractivity (Wildman–Crippen MR) is 65.2 cm³/mol. The molecule has 0 spiro atoms. The number of nitrogens with one attached hydrogen (secondary N) is 1. The maximum atomic E-state index is 11.6. The standard InChI is InChI=1S/C11H25N3O2/c1-11(2,14(3)4)8-13-10(15)9(12)6-7-16-5/h9H,6-8,12H2,1-5H3,(H,13,15). The van der Waals surface area contributed by atoms with Crippen LogP contribution in [0.2, 0.25) is 0 Å². The Kier molecular flexibility index (Phi) is 6.55. The largest absolute Gasteiger partial charge is 0.385 e. The zero-order chi connectivity index (χ0) is 12.8. The Bertz CT molecular complexity index is 217.